The number of aryl methyl sites for hydroxylation is 1. The zero-order chi connectivity index (χ0) is 30.0. The number of pyridine rings is 1. The van der Waals surface area contributed by atoms with Crippen LogP contribution in [-0.2, 0) is 0 Å². The van der Waals surface area contributed by atoms with Crippen LogP contribution in [0.15, 0.2) is 30.9 Å². The average molecular weight is 586 g/mol. The summed E-state index contributed by atoms with van der Waals surface area (Å²) in [4.78, 5) is 24.9. The predicted octanol–water partition coefficient (Wildman–Crippen LogP) is 6.02. The Balaban J connectivity index is 2.04. The van der Waals surface area contributed by atoms with Crippen molar-refractivity contribution in [2.75, 3.05) is 13.7 Å². The Morgan fingerprint density at radius 2 is 1.77 bits per heavy atom. The minimum Gasteiger partial charge on any atom is -0.494 e. The molecule has 0 saturated carbocycles. The van der Waals surface area contributed by atoms with E-state index >= 15 is 0 Å². The molecule has 2 unspecified atom stereocenters. The van der Waals surface area contributed by atoms with Crippen LogP contribution >= 0.6 is 0 Å². The molecule has 3 heterocycles. The minimum absolute atomic E-state index is 0.00725. The van der Waals surface area contributed by atoms with Crippen LogP contribution in [0.1, 0.15) is 37.2 Å². The number of nitrogens with zero attached hydrogens (tertiary/aromatic N) is 5. The summed E-state index contributed by atoms with van der Waals surface area (Å²) in [7, 11) is 1.23. The van der Waals surface area contributed by atoms with Crippen molar-refractivity contribution >= 4 is 11.7 Å². The molecule has 0 saturated heterocycles. The van der Waals surface area contributed by atoms with Gasteiger partial charge in [-0.15, -0.1) is 0 Å². The van der Waals surface area contributed by atoms with Crippen molar-refractivity contribution < 1.29 is 49.0 Å². The maximum atomic E-state index is 14.3. The largest absolute Gasteiger partial charge is 0.494 e. The number of carbonyl (C=O) groups is 1. The molecule has 0 bridgehead atoms. The van der Waals surface area contributed by atoms with E-state index in [1.807, 2.05) is 0 Å². The highest BCUT2D eigenvalue weighted by Gasteiger charge is 2.49. The van der Waals surface area contributed by atoms with Crippen LogP contribution in [0.5, 0.6) is 5.75 Å². The number of carbonyl (C=O) groups excluding carboxylic acids is 1. The molecule has 0 spiro atoms. The fourth-order valence-corrected chi connectivity index (χ4v) is 3.99. The number of urea groups is 1. The summed E-state index contributed by atoms with van der Waals surface area (Å²) < 4.78 is 127. The molecule has 0 aliphatic heterocycles. The zero-order valence-corrected chi connectivity index (χ0v) is 21.1. The van der Waals surface area contributed by atoms with Crippen LogP contribution < -0.4 is 10.1 Å². The first-order chi connectivity index (χ1) is 18.5. The van der Waals surface area contributed by atoms with E-state index in [1.54, 1.807) is 17.5 Å². The number of alkyl halides is 9. The van der Waals surface area contributed by atoms with Crippen LogP contribution in [0.2, 0.25) is 0 Å². The Kier molecular flexibility index (Phi) is 8.74. The Labute approximate surface area is 221 Å². The second kappa shape index (κ2) is 11.4. The molecule has 220 valence electrons. The van der Waals surface area contributed by atoms with Gasteiger partial charge in [-0.3, -0.25) is 4.98 Å². The van der Waals surface area contributed by atoms with E-state index in [2.05, 4.69) is 15.0 Å². The fourth-order valence-electron chi connectivity index (χ4n) is 3.99. The van der Waals surface area contributed by atoms with Crippen molar-refractivity contribution in [3.8, 4) is 17.0 Å². The zero-order valence-electron chi connectivity index (χ0n) is 21.1. The van der Waals surface area contributed by atoms with E-state index in [0.717, 1.165) is 19.2 Å². The summed E-state index contributed by atoms with van der Waals surface area (Å²) in [6, 6.07) is -6.85. The summed E-state index contributed by atoms with van der Waals surface area (Å²) in [6.45, 7) is 1.91. The number of ether oxygens (including phenoxy) is 1. The molecule has 0 aliphatic carbocycles. The third-order valence-corrected chi connectivity index (χ3v) is 5.84. The lowest BCUT2D eigenvalue weighted by Crippen LogP contribution is -2.53. The van der Waals surface area contributed by atoms with Crippen LogP contribution in [0, 0.1) is 6.92 Å². The van der Waals surface area contributed by atoms with Gasteiger partial charge in [0.1, 0.15) is 11.8 Å². The molecule has 3 aromatic rings. The van der Waals surface area contributed by atoms with Crippen molar-refractivity contribution in [1.82, 2.24) is 29.6 Å². The van der Waals surface area contributed by atoms with Crippen molar-refractivity contribution in [3.05, 3.63) is 42.2 Å². The summed E-state index contributed by atoms with van der Waals surface area (Å²) in [6.07, 6.45) is -13.7. The molecule has 0 radical (unpaired) electrons. The first-order valence-electron chi connectivity index (χ1n) is 11.6. The van der Waals surface area contributed by atoms with Gasteiger partial charge in [-0.1, -0.05) is 0 Å². The third-order valence-electron chi connectivity index (χ3n) is 5.84. The van der Waals surface area contributed by atoms with E-state index in [1.165, 1.54) is 24.8 Å². The van der Waals surface area contributed by atoms with E-state index in [9.17, 15) is 44.3 Å². The van der Waals surface area contributed by atoms with Crippen LogP contribution in [0.3, 0.4) is 0 Å². The second-order valence-corrected chi connectivity index (χ2v) is 8.61. The Hall–Kier alpha value is -3.79. The summed E-state index contributed by atoms with van der Waals surface area (Å²) in [5.41, 5.74) is 0.270. The second-order valence-electron chi connectivity index (χ2n) is 8.61. The maximum absolute atomic E-state index is 14.3. The minimum atomic E-state index is -5.35. The number of methoxy groups -OCH3 is 1. The lowest BCUT2D eigenvalue weighted by molar-refractivity contribution is -0.182. The van der Waals surface area contributed by atoms with Gasteiger partial charge in [0, 0.05) is 37.1 Å². The lowest BCUT2D eigenvalue weighted by atomic mass is 10.1. The molecular weight excluding hydrogens is 563 g/mol. The van der Waals surface area contributed by atoms with Gasteiger partial charge in [0.15, 0.2) is 11.7 Å². The van der Waals surface area contributed by atoms with Gasteiger partial charge in [-0.05, 0) is 26.3 Å². The average Bonchev–Trinajstić information content (AvgIpc) is 3.32. The highest BCUT2D eigenvalue weighted by atomic mass is 19.4. The van der Waals surface area contributed by atoms with Crippen LogP contribution in [-0.4, -0.2) is 68.5 Å². The van der Waals surface area contributed by atoms with Gasteiger partial charge in [0.25, 0.3) is 0 Å². The highest BCUT2D eigenvalue weighted by Crippen LogP contribution is 2.40. The van der Waals surface area contributed by atoms with E-state index < -0.39 is 61.7 Å². The van der Waals surface area contributed by atoms with Gasteiger partial charge < -0.3 is 19.4 Å². The number of imidazole rings is 1. The molecule has 0 aliphatic rings. The van der Waals surface area contributed by atoms with Gasteiger partial charge >= 0.3 is 24.6 Å². The number of amides is 2. The monoisotopic (exact) mass is 586 g/mol. The van der Waals surface area contributed by atoms with Gasteiger partial charge in [0.2, 0.25) is 0 Å². The molecule has 1 N–H and O–H groups in total. The number of rotatable bonds is 8. The van der Waals surface area contributed by atoms with Crippen LogP contribution in [0.25, 0.3) is 16.9 Å². The molecular formula is C23H23F9N6O2. The summed E-state index contributed by atoms with van der Waals surface area (Å²) >= 11 is 0. The Morgan fingerprint density at radius 3 is 2.33 bits per heavy atom. The van der Waals surface area contributed by atoms with Crippen molar-refractivity contribution in [3.63, 3.8) is 0 Å². The number of nitrogens with one attached hydrogen (secondary N) is 1. The van der Waals surface area contributed by atoms with Crippen molar-refractivity contribution in [1.29, 1.82) is 0 Å². The molecule has 3 rings (SSSR count). The number of aromatic nitrogens is 4. The topological polar surface area (TPSA) is 84.7 Å². The van der Waals surface area contributed by atoms with E-state index in [-0.39, 0.29) is 21.9 Å². The summed E-state index contributed by atoms with van der Waals surface area (Å²) in [5, 5.41) is 1.28. The molecule has 17 heteroatoms. The number of hydrogen-bond donors (Lipinski definition) is 1. The lowest BCUT2D eigenvalue weighted by Gasteiger charge is -2.34. The first kappa shape index (κ1) is 30.7. The molecule has 40 heavy (non-hydrogen) atoms. The number of halogens is 9. The molecule has 3 aromatic heterocycles. The molecule has 2 amide bonds. The number of fused-ring (bicyclic) bond motifs is 1. The van der Waals surface area contributed by atoms with E-state index in [0.29, 0.717) is 11.3 Å². The van der Waals surface area contributed by atoms with Gasteiger partial charge in [-0.2, -0.15) is 39.5 Å². The molecule has 0 aromatic carbocycles. The predicted molar refractivity (Wildman–Crippen MR) is 122 cm³/mol. The smallest absolute Gasteiger partial charge is 0.414 e. The summed E-state index contributed by atoms with van der Waals surface area (Å²) in [5.74, 6) is 0.00725. The third kappa shape index (κ3) is 7.04. The van der Waals surface area contributed by atoms with Gasteiger partial charge in [-0.25, -0.2) is 14.8 Å². The normalized spacial score (nSPS) is 14.2. The quantitative estimate of drug-likeness (QED) is 0.327. The SMILES string of the molecule is CCN(C(=O)NC(CCC(F)(F)F)C(F)(F)F)C(c1cc(-c2cn3ccnc3c(C)n2)c(OC)cn1)C(F)(F)F. The Bertz CT molecular complexity index is 1340. The standard InChI is InChI=1S/C23H23F9N6O2/c1-4-38(20(39)36-17(22(27,28)29)5-6-21(24,25)26)18(23(30,31)32)14-9-13(16(40-3)10-34-14)15-11-37-8-7-33-19(37)12(2)35-15/h7-11,17-18H,4-6H2,1-3H3,(H,36,39). The van der Waals surface area contributed by atoms with Crippen molar-refractivity contribution in [2.45, 2.75) is 57.3 Å². The first-order valence-corrected chi connectivity index (χ1v) is 11.6. The van der Waals surface area contributed by atoms with Gasteiger partial charge in [0.05, 0.1) is 30.4 Å². The van der Waals surface area contributed by atoms with Crippen LogP contribution in [0.4, 0.5) is 44.3 Å². The highest BCUT2D eigenvalue weighted by molar-refractivity contribution is 5.75. The number of hydrogen-bond acceptors (Lipinski definition) is 5. The molecule has 0 fully saturated rings. The molecule has 2 atom stereocenters. The van der Waals surface area contributed by atoms with E-state index in [4.69, 9.17) is 4.74 Å². The Morgan fingerprint density at radius 1 is 1.10 bits per heavy atom. The molecule has 8 nitrogen and oxygen atoms in total. The fraction of sp³-hybridized carbons (Fsp3) is 0.478. The van der Waals surface area contributed by atoms with Crippen molar-refractivity contribution in [2.24, 2.45) is 0 Å². The maximum Gasteiger partial charge on any atom is 0.414 e.